The number of carbonyl (C=O) groups is 1. The summed E-state index contributed by atoms with van der Waals surface area (Å²) in [6, 6.07) is 19.4. The van der Waals surface area contributed by atoms with Gasteiger partial charge in [0.05, 0.1) is 26.5 Å². The van der Waals surface area contributed by atoms with Gasteiger partial charge in [0, 0.05) is 12.6 Å². The number of methoxy groups -OCH3 is 2. The van der Waals surface area contributed by atoms with Crippen LogP contribution in [0.25, 0.3) is 10.2 Å². The van der Waals surface area contributed by atoms with Crippen molar-refractivity contribution >= 4 is 32.6 Å². The summed E-state index contributed by atoms with van der Waals surface area (Å²) in [4.78, 5) is 24.2. The van der Waals surface area contributed by atoms with Crippen molar-refractivity contribution in [1.82, 2.24) is 9.97 Å². The first-order chi connectivity index (χ1) is 15.2. The van der Waals surface area contributed by atoms with Gasteiger partial charge in [-0.1, -0.05) is 47.7 Å². The first kappa shape index (κ1) is 20.8. The molecule has 0 aliphatic heterocycles. The molecule has 0 saturated heterocycles. The van der Waals surface area contributed by atoms with Crippen molar-refractivity contribution in [3.8, 4) is 11.5 Å². The minimum Gasteiger partial charge on any atom is -0.495 e. The fraction of sp³-hybridized carbons (Fsp3) is 0.208. The number of hydrogen-bond acceptors (Lipinski definition) is 6. The number of nitrogens with zero attached hydrogens (tertiary/aromatic N) is 3. The zero-order valence-corrected chi connectivity index (χ0v) is 18.3. The van der Waals surface area contributed by atoms with Crippen LogP contribution < -0.4 is 14.4 Å². The van der Waals surface area contributed by atoms with E-state index in [1.807, 2.05) is 60.7 Å². The average Bonchev–Trinajstić information content (AvgIpc) is 3.27. The largest absolute Gasteiger partial charge is 0.495 e. The molecule has 7 heteroatoms. The highest BCUT2D eigenvalue weighted by Crippen LogP contribution is 2.40. The van der Waals surface area contributed by atoms with Gasteiger partial charge in [-0.2, -0.15) is 0 Å². The van der Waals surface area contributed by atoms with E-state index >= 15 is 0 Å². The Hall–Kier alpha value is -3.45. The topological polar surface area (TPSA) is 64.6 Å². The Morgan fingerprint density at radius 2 is 1.71 bits per heavy atom. The fourth-order valence-electron chi connectivity index (χ4n) is 3.34. The summed E-state index contributed by atoms with van der Waals surface area (Å²) in [5.74, 6) is 1.34. The summed E-state index contributed by atoms with van der Waals surface area (Å²) in [6.45, 7) is 0.346. The summed E-state index contributed by atoms with van der Waals surface area (Å²) >= 11 is 1.42. The van der Waals surface area contributed by atoms with Gasteiger partial charge in [-0.15, -0.1) is 0 Å². The molecular weight excluding hydrogens is 410 g/mol. The molecular formula is C24H23N3O3S. The molecule has 6 nitrogen and oxygen atoms in total. The number of thiazole rings is 1. The Balaban J connectivity index is 1.69. The Labute approximate surface area is 185 Å². The van der Waals surface area contributed by atoms with Crippen molar-refractivity contribution in [2.75, 3.05) is 19.1 Å². The monoisotopic (exact) mass is 433 g/mol. The Kier molecular flexibility index (Phi) is 6.43. The highest BCUT2D eigenvalue weighted by Gasteiger charge is 2.23. The molecule has 0 N–H and O–H groups in total. The second-order valence-electron chi connectivity index (χ2n) is 6.93. The zero-order chi connectivity index (χ0) is 21.6. The van der Waals surface area contributed by atoms with Crippen LogP contribution in [0.15, 0.2) is 66.9 Å². The van der Waals surface area contributed by atoms with E-state index in [0.29, 0.717) is 41.5 Å². The number of hydrogen-bond donors (Lipinski definition) is 0. The number of pyridine rings is 1. The summed E-state index contributed by atoms with van der Waals surface area (Å²) in [7, 11) is 3.23. The molecule has 2 heterocycles. The smallest absolute Gasteiger partial charge is 0.229 e. The normalized spacial score (nSPS) is 10.8. The molecule has 0 bridgehead atoms. The molecule has 4 rings (SSSR count). The lowest BCUT2D eigenvalue weighted by Gasteiger charge is -2.19. The van der Waals surface area contributed by atoms with Gasteiger partial charge in [-0.3, -0.25) is 14.7 Å². The van der Waals surface area contributed by atoms with Crippen LogP contribution in [0.1, 0.15) is 17.7 Å². The molecule has 2 aromatic carbocycles. The van der Waals surface area contributed by atoms with Crippen LogP contribution in [0, 0.1) is 0 Å². The molecule has 158 valence electrons. The van der Waals surface area contributed by atoms with Crippen molar-refractivity contribution in [3.05, 3.63) is 78.1 Å². The molecule has 2 aromatic heterocycles. The maximum absolute atomic E-state index is 13.3. The third-order valence-corrected chi connectivity index (χ3v) is 6.04. The van der Waals surface area contributed by atoms with E-state index in [0.717, 1.165) is 16.0 Å². The van der Waals surface area contributed by atoms with Crippen LogP contribution in [0.4, 0.5) is 5.13 Å². The van der Waals surface area contributed by atoms with E-state index in [2.05, 4.69) is 4.98 Å². The second-order valence-corrected chi connectivity index (χ2v) is 7.91. The number of aromatic nitrogens is 2. The predicted molar refractivity (Wildman–Crippen MR) is 123 cm³/mol. The van der Waals surface area contributed by atoms with Gasteiger partial charge in [0.25, 0.3) is 0 Å². The number of amides is 1. The first-order valence-electron chi connectivity index (χ1n) is 9.95. The lowest BCUT2D eigenvalue weighted by molar-refractivity contribution is -0.118. The van der Waals surface area contributed by atoms with E-state index in [1.54, 1.807) is 25.3 Å². The van der Waals surface area contributed by atoms with E-state index < -0.39 is 0 Å². The van der Waals surface area contributed by atoms with E-state index in [-0.39, 0.29) is 5.91 Å². The number of benzene rings is 2. The number of fused-ring (bicyclic) bond motifs is 1. The third kappa shape index (κ3) is 4.67. The molecule has 31 heavy (non-hydrogen) atoms. The van der Waals surface area contributed by atoms with Crippen LogP contribution in [-0.2, 0) is 17.8 Å². The van der Waals surface area contributed by atoms with Gasteiger partial charge in [-0.05, 0) is 36.2 Å². The van der Waals surface area contributed by atoms with Crippen LogP contribution in [0.3, 0.4) is 0 Å². The molecule has 0 atom stereocenters. The lowest BCUT2D eigenvalue weighted by atomic mass is 10.1. The molecule has 0 saturated carbocycles. The van der Waals surface area contributed by atoms with Crippen molar-refractivity contribution < 1.29 is 14.3 Å². The number of anilines is 1. The molecule has 0 spiro atoms. The van der Waals surface area contributed by atoms with Gasteiger partial charge in [0.2, 0.25) is 5.91 Å². The maximum atomic E-state index is 13.3. The highest BCUT2D eigenvalue weighted by atomic mass is 32.1. The Morgan fingerprint density at radius 3 is 2.42 bits per heavy atom. The second kappa shape index (κ2) is 9.57. The third-order valence-electron chi connectivity index (χ3n) is 4.95. The number of rotatable bonds is 8. The van der Waals surface area contributed by atoms with Crippen LogP contribution in [-0.4, -0.2) is 30.1 Å². The van der Waals surface area contributed by atoms with E-state index in [4.69, 9.17) is 14.5 Å². The quantitative estimate of drug-likeness (QED) is 0.396. The SMILES string of the molecule is COc1ccc(OC)c2sc(N(Cc3ccccn3)C(=O)CCc3ccccc3)nc12. The van der Waals surface area contributed by atoms with Gasteiger partial charge < -0.3 is 9.47 Å². The number of ether oxygens (including phenoxy) is 2. The van der Waals surface area contributed by atoms with Gasteiger partial charge in [0.1, 0.15) is 21.7 Å². The summed E-state index contributed by atoms with van der Waals surface area (Å²) in [5, 5.41) is 0.599. The molecule has 0 unspecified atom stereocenters. The lowest BCUT2D eigenvalue weighted by Crippen LogP contribution is -2.30. The summed E-state index contributed by atoms with van der Waals surface area (Å²) < 4.78 is 11.8. The zero-order valence-electron chi connectivity index (χ0n) is 17.4. The Bertz CT molecular complexity index is 1120. The van der Waals surface area contributed by atoms with Gasteiger partial charge in [-0.25, -0.2) is 4.98 Å². The van der Waals surface area contributed by atoms with Crippen LogP contribution >= 0.6 is 11.3 Å². The summed E-state index contributed by atoms with van der Waals surface area (Å²) in [5.41, 5.74) is 2.61. The maximum Gasteiger partial charge on any atom is 0.229 e. The minimum absolute atomic E-state index is 0.00787. The van der Waals surface area contributed by atoms with Gasteiger partial charge >= 0.3 is 0 Å². The predicted octanol–water partition coefficient (Wildman–Crippen LogP) is 4.87. The van der Waals surface area contributed by atoms with E-state index in [1.165, 1.54) is 11.3 Å². The first-order valence-corrected chi connectivity index (χ1v) is 10.8. The van der Waals surface area contributed by atoms with Crippen molar-refractivity contribution in [2.45, 2.75) is 19.4 Å². The van der Waals surface area contributed by atoms with Crippen molar-refractivity contribution in [1.29, 1.82) is 0 Å². The van der Waals surface area contributed by atoms with Crippen LogP contribution in [0.2, 0.25) is 0 Å². The standard InChI is InChI=1S/C24H23N3O3S/c1-29-19-12-13-20(30-2)23-22(19)26-24(31-23)27(16-18-10-6-7-15-25-18)21(28)14-11-17-8-4-3-5-9-17/h3-10,12-13,15H,11,14,16H2,1-2H3. The molecule has 0 radical (unpaired) electrons. The van der Waals surface area contributed by atoms with Crippen molar-refractivity contribution in [3.63, 3.8) is 0 Å². The molecule has 0 fully saturated rings. The van der Waals surface area contributed by atoms with Gasteiger partial charge in [0.15, 0.2) is 5.13 Å². The minimum atomic E-state index is -0.00787. The highest BCUT2D eigenvalue weighted by molar-refractivity contribution is 7.22. The fourth-order valence-corrected chi connectivity index (χ4v) is 4.43. The molecule has 0 aliphatic carbocycles. The molecule has 1 amide bonds. The van der Waals surface area contributed by atoms with E-state index in [9.17, 15) is 4.79 Å². The van der Waals surface area contributed by atoms with Crippen molar-refractivity contribution in [2.24, 2.45) is 0 Å². The molecule has 4 aromatic rings. The number of carbonyl (C=O) groups excluding carboxylic acids is 1. The van der Waals surface area contributed by atoms with Crippen LogP contribution in [0.5, 0.6) is 11.5 Å². The molecule has 0 aliphatic rings. The Morgan fingerprint density at radius 1 is 0.968 bits per heavy atom. The average molecular weight is 434 g/mol. The summed E-state index contributed by atoms with van der Waals surface area (Å²) in [6.07, 6.45) is 2.77. The number of aryl methyl sites for hydroxylation is 1.